The molecule has 3 rings (SSSR count). The van der Waals surface area contributed by atoms with Crippen LogP contribution in [0.4, 0.5) is 4.79 Å². The van der Waals surface area contributed by atoms with E-state index in [4.69, 9.17) is 13.7 Å². The van der Waals surface area contributed by atoms with Crippen molar-refractivity contribution in [3.05, 3.63) is 35.9 Å². The Labute approximate surface area is 148 Å². The van der Waals surface area contributed by atoms with Gasteiger partial charge in [0.05, 0.1) is 18.5 Å². The van der Waals surface area contributed by atoms with Crippen molar-refractivity contribution in [3.8, 4) is 0 Å². The number of likely N-dealkylation sites (tertiary alicyclic amines) is 1. The van der Waals surface area contributed by atoms with Crippen LogP contribution in [-0.4, -0.2) is 57.1 Å². The molecule has 1 unspecified atom stereocenters. The minimum atomic E-state index is -3.49. The van der Waals surface area contributed by atoms with Crippen molar-refractivity contribution in [2.45, 2.75) is 37.6 Å². The number of ether oxygens (including phenoxy) is 2. The Kier molecular flexibility index (Phi) is 5.31. The lowest BCUT2D eigenvalue weighted by Gasteiger charge is -2.37. The number of benzene rings is 1. The molecule has 8 heteroatoms. The number of carbonyl (C=O) groups excluding carboxylic acids is 1. The summed E-state index contributed by atoms with van der Waals surface area (Å²) in [7, 11) is -3.49. The summed E-state index contributed by atoms with van der Waals surface area (Å²) in [5.41, 5.74) is 0.551. The molecule has 0 N–H and O–H groups in total. The van der Waals surface area contributed by atoms with E-state index in [9.17, 15) is 13.2 Å². The van der Waals surface area contributed by atoms with Gasteiger partial charge in [-0.3, -0.25) is 4.18 Å². The lowest BCUT2D eigenvalue weighted by atomic mass is 9.88. The van der Waals surface area contributed by atoms with E-state index in [1.54, 1.807) is 4.90 Å². The van der Waals surface area contributed by atoms with Gasteiger partial charge in [0.15, 0.2) is 0 Å². The highest BCUT2D eigenvalue weighted by Gasteiger charge is 2.45. The van der Waals surface area contributed by atoms with Crippen molar-refractivity contribution in [1.29, 1.82) is 0 Å². The zero-order valence-electron chi connectivity index (χ0n) is 14.2. The minimum Gasteiger partial charge on any atom is -0.445 e. The van der Waals surface area contributed by atoms with Gasteiger partial charge in [0, 0.05) is 19.5 Å². The van der Waals surface area contributed by atoms with Crippen molar-refractivity contribution < 1.29 is 26.9 Å². The van der Waals surface area contributed by atoms with Crippen LogP contribution in [-0.2, 0) is 30.4 Å². The Morgan fingerprint density at radius 1 is 1.28 bits per heavy atom. The fraction of sp³-hybridized carbons (Fsp3) is 0.588. The molecule has 2 saturated heterocycles. The molecule has 1 amide bonds. The van der Waals surface area contributed by atoms with Crippen LogP contribution in [0, 0.1) is 0 Å². The Bertz CT molecular complexity index is 697. The van der Waals surface area contributed by atoms with E-state index in [2.05, 4.69) is 0 Å². The fourth-order valence-corrected chi connectivity index (χ4v) is 3.99. The molecule has 138 valence electrons. The number of carbonyl (C=O) groups is 1. The minimum absolute atomic E-state index is 0.252. The van der Waals surface area contributed by atoms with E-state index < -0.39 is 21.8 Å². The molecule has 1 atom stereocenters. The normalized spacial score (nSPS) is 22.9. The summed E-state index contributed by atoms with van der Waals surface area (Å²) < 4.78 is 38.7. The van der Waals surface area contributed by atoms with Gasteiger partial charge in [0.25, 0.3) is 10.1 Å². The molecule has 0 aromatic heterocycles. The summed E-state index contributed by atoms with van der Waals surface area (Å²) in [5, 5.41) is 0. The van der Waals surface area contributed by atoms with Crippen LogP contribution in [0.15, 0.2) is 30.3 Å². The third kappa shape index (κ3) is 4.93. The smallest absolute Gasteiger partial charge is 0.410 e. The fourth-order valence-electron chi connectivity index (χ4n) is 3.37. The van der Waals surface area contributed by atoms with Gasteiger partial charge in [-0.25, -0.2) is 4.79 Å². The second-order valence-electron chi connectivity index (χ2n) is 6.65. The number of rotatable bonds is 4. The molecule has 0 radical (unpaired) electrons. The Balaban J connectivity index is 1.46. The van der Waals surface area contributed by atoms with Crippen molar-refractivity contribution in [1.82, 2.24) is 4.90 Å². The van der Waals surface area contributed by atoms with Crippen molar-refractivity contribution in [2.24, 2.45) is 0 Å². The summed E-state index contributed by atoms with van der Waals surface area (Å²) in [6.07, 6.45) is 2.11. The average molecular weight is 369 g/mol. The summed E-state index contributed by atoms with van der Waals surface area (Å²) in [6, 6.07) is 9.54. The van der Waals surface area contributed by atoms with Crippen LogP contribution >= 0.6 is 0 Å². The SMILES string of the molecule is CS(=O)(=O)OC1COC2(CCN(C(=O)OCc3ccccc3)CC2)C1. The van der Waals surface area contributed by atoms with E-state index in [0.717, 1.165) is 11.8 Å². The number of piperidine rings is 1. The molecule has 2 fully saturated rings. The summed E-state index contributed by atoms with van der Waals surface area (Å²) in [5.74, 6) is 0. The Morgan fingerprint density at radius 2 is 1.96 bits per heavy atom. The third-order valence-corrected chi connectivity index (χ3v) is 5.25. The number of hydrogen-bond acceptors (Lipinski definition) is 6. The second-order valence-corrected chi connectivity index (χ2v) is 8.25. The molecule has 2 aliphatic heterocycles. The monoisotopic (exact) mass is 369 g/mol. The Hall–Kier alpha value is -1.64. The van der Waals surface area contributed by atoms with Crippen LogP contribution in [0.3, 0.4) is 0 Å². The molecule has 1 aromatic carbocycles. The first kappa shape index (κ1) is 18.2. The lowest BCUT2D eigenvalue weighted by molar-refractivity contribution is -0.0428. The molecule has 25 heavy (non-hydrogen) atoms. The standard InChI is InChI=1S/C17H23NO6S/c1-25(20,21)24-15-11-17(23-13-15)7-9-18(10-8-17)16(19)22-12-14-5-3-2-4-6-14/h2-6,15H,7-13H2,1H3. The van der Waals surface area contributed by atoms with Gasteiger partial charge in [0.1, 0.15) is 12.7 Å². The lowest BCUT2D eigenvalue weighted by Crippen LogP contribution is -2.46. The topological polar surface area (TPSA) is 82.1 Å². The zero-order valence-corrected chi connectivity index (χ0v) is 15.0. The van der Waals surface area contributed by atoms with Crippen molar-refractivity contribution in [3.63, 3.8) is 0 Å². The van der Waals surface area contributed by atoms with Gasteiger partial charge >= 0.3 is 6.09 Å². The summed E-state index contributed by atoms with van der Waals surface area (Å²) >= 11 is 0. The number of nitrogens with zero attached hydrogens (tertiary/aromatic N) is 1. The largest absolute Gasteiger partial charge is 0.445 e. The summed E-state index contributed by atoms with van der Waals surface area (Å²) in [6.45, 7) is 1.58. The van der Waals surface area contributed by atoms with Gasteiger partial charge in [0.2, 0.25) is 0 Å². The van der Waals surface area contributed by atoms with Crippen molar-refractivity contribution >= 4 is 16.2 Å². The molecule has 2 aliphatic rings. The third-order valence-electron chi connectivity index (χ3n) is 4.62. The second kappa shape index (κ2) is 7.31. The van der Waals surface area contributed by atoms with Crippen LogP contribution in [0.2, 0.25) is 0 Å². The molecule has 0 bridgehead atoms. The van der Waals surface area contributed by atoms with Crippen LogP contribution in [0.5, 0.6) is 0 Å². The predicted molar refractivity (Wildman–Crippen MR) is 90.5 cm³/mol. The molecule has 0 saturated carbocycles. The summed E-state index contributed by atoms with van der Waals surface area (Å²) in [4.78, 5) is 13.9. The van der Waals surface area contributed by atoms with Crippen LogP contribution in [0.1, 0.15) is 24.8 Å². The van der Waals surface area contributed by atoms with E-state index in [0.29, 0.717) is 32.4 Å². The highest BCUT2D eigenvalue weighted by Crippen LogP contribution is 2.37. The zero-order chi connectivity index (χ0) is 17.9. The van der Waals surface area contributed by atoms with E-state index in [-0.39, 0.29) is 19.3 Å². The van der Waals surface area contributed by atoms with Gasteiger partial charge in [-0.15, -0.1) is 0 Å². The first-order chi connectivity index (χ1) is 11.9. The quantitative estimate of drug-likeness (QED) is 0.754. The molecule has 2 heterocycles. The van der Waals surface area contributed by atoms with Gasteiger partial charge < -0.3 is 14.4 Å². The highest BCUT2D eigenvalue weighted by atomic mass is 32.2. The van der Waals surface area contributed by atoms with E-state index >= 15 is 0 Å². The van der Waals surface area contributed by atoms with Crippen molar-refractivity contribution in [2.75, 3.05) is 26.0 Å². The molecule has 7 nitrogen and oxygen atoms in total. The van der Waals surface area contributed by atoms with Gasteiger partial charge in [-0.1, -0.05) is 30.3 Å². The van der Waals surface area contributed by atoms with Crippen LogP contribution in [0.25, 0.3) is 0 Å². The van der Waals surface area contributed by atoms with Crippen LogP contribution < -0.4 is 0 Å². The first-order valence-electron chi connectivity index (χ1n) is 8.33. The maximum absolute atomic E-state index is 12.2. The molecule has 1 spiro atoms. The number of amides is 1. The predicted octanol–water partition coefficient (Wildman–Crippen LogP) is 1.92. The molecular formula is C17H23NO6S. The molecule has 1 aromatic rings. The first-order valence-corrected chi connectivity index (χ1v) is 10.1. The maximum atomic E-state index is 12.2. The maximum Gasteiger partial charge on any atom is 0.410 e. The van der Waals surface area contributed by atoms with Gasteiger partial charge in [-0.2, -0.15) is 8.42 Å². The van der Waals surface area contributed by atoms with E-state index in [1.807, 2.05) is 30.3 Å². The highest BCUT2D eigenvalue weighted by molar-refractivity contribution is 7.86. The average Bonchev–Trinajstić information content (AvgIpc) is 2.94. The number of hydrogen-bond donors (Lipinski definition) is 0. The molecular weight excluding hydrogens is 346 g/mol. The Morgan fingerprint density at radius 3 is 2.60 bits per heavy atom. The molecule has 0 aliphatic carbocycles. The van der Waals surface area contributed by atoms with E-state index in [1.165, 1.54) is 0 Å². The van der Waals surface area contributed by atoms with Gasteiger partial charge in [-0.05, 0) is 18.4 Å².